The van der Waals surface area contributed by atoms with Gasteiger partial charge in [0.25, 0.3) is 5.91 Å². The van der Waals surface area contributed by atoms with E-state index in [0.29, 0.717) is 5.56 Å². The molecule has 2 rings (SSSR count). The molecule has 2 amide bonds. The van der Waals surface area contributed by atoms with Crippen LogP contribution >= 0.6 is 0 Å². The minimum atomic E-state index is -0.615. The highest BCUT2D eigenvalue weighted by Crippen LogP contribution is 2.22. The standard InChI is InChI=1S/C22H28N2O2/c1-15(17-9-7-6-8-10-17)23-20(25)16(2)24-21(26)18-11-13-19(14-12-18)22(3,4)5/h6-16H,1-5H3,(H,23,25)(H,24,26). The van der Waals surface area contributed by atoms with Gasteiger partial charge in [0.1, 0.15) is 6.04 Å². The van der Waals surface area contributed by atoms with E-state index >= 15 is 0 Å². The number of hydrogen-bond donors (Lipinski definition) is 2. The molecule has 2 unspecified atom stereocenters. The van der Waals surface area contributed by atoms with E-state index in [9.17, 15) is 9.59 Å². The highest BCUT2D eigenvalue weighted by Gasteiger charge is 2.19. The minimum absolute atomic E-state index is 0.0375. The molecule has 0 heterocycles. The second-order valence-electron chi connectivity index (χ2n) is 7.66. The molecule has 26 heavy (non-hydrogen) atoms. The van der Waals surface area contributed by atoms with Crippen LogP contribution in [0.15, 0.2) is 54.6 Å². The van der Waals surface area contributed by atoms with E-state index < -0.39 is 6.04 Å². The van der Waals surface area contributed by atoms with E-state index in [1.54, 1.807) is 19.1 Å². The first-order chi connectivity index (χ1) is 12.2. The summed E-state index contributed by atoms with van der Waals surface area (Å²) in [6.07, 6.45) is 0. The SMILES string of the molecule is CC(NC(=O)c1ccc(C(C)(C)C)cc1)C(=O)NC(C)c1ccccc1. The van der Waals surface area contributed by atoms with Crippen LogP contribution < -0.4 is 10.6 Å². The molecule has 0 spiro atoms. The second-order valence-corrected chi connectivity index (χ2v) is 7.66. The average molecular weight is 352 g/mol. The van der Waals surface area contributed by atoms with Gasteiger partial charge in [-0.05, 0) is 42.5 Å². The van der Waals surface area contributed by atoms with Crippen LogP contribution in [0.4, 0.5) is 0 Å². The van der Waals surface area contributed by atoms with Gasteiger partial charge in [0.2, 0.25) is 5.91 Å². The van der Waals surface area contributed by atoms with Gasteiger partial charge in [-0.1, -0.05) is 63.2 Å². The van der Waals surface area contributed by atoms with Crippen LogP contribution in [0.2, 0.25) is 0 Å². The van der Waals surface area contributed by atoms with Gasteiger partial charge in [-0.2, -0.15) is 0 Å². The van der Waals surface area contributed by atoms with Gasteiger partial charge in [0.05, 0.1) is 6.04 Å². The Morgan fingerprint density at radius 3 is 1.96 bits per heavy atom. The summed E-state index contributed by atoms with van der Waals surface area (Å²) in [5.74, 6) is -0.457. The number of benzene rings is 2. The number of nitrogens with one attached hydrogen (secondary N) is 2. The second kappa shape index (κ2) is 8.17. The van der Waals surface area contributed by atoms with E-state index in [0.717, 1.165) is 11.1 Å². The largest absolute Gasteiger partial charge is 0.348 e. The molecule has 2 N–H and O–H groups in total. The molecule has 0 bridgehead atoms. The first-order valence-electron chi connectivity index (χ1n) is 8.95. The van der Waals surface area contributed by atoms with Crippen LogP contribution in [0, 0.1) is 0 Å². The van der Waals surface area contributed by atoms with Crippen molar-refractivity contribution in [3.8, 4) is 0 Å². The zero-order valence-corrected chi connectivity index (χ0v) is 16.2. The number of carbonyl (C=O) groups excluding carboxylic acids is 2. The molecular weight excluding hydrogens is 324 g/mol. The van der Waals surface area contributed by atoms with Crippen molar-refractivity contribution in [2.24, 2.45) is 0 Å². The smallest absolute Gasteiger partial charge is 0.251 e. The van der Waals surface area contributed by atoms with Crippen molar-refractivity contribution < 1.29 is 9.59 Å². The lowest BCUT2D eigenvalue weighted by molar-refractivity contribution is -0.123. The molecule has 0 radical (unpaired) electrons. The average Bonchev–Trinajstić information content (AvgIpc) is 2.61. The molecule has 0 saturated heterocycles. The van der Waals surface area contributed by atoms with Crippen molar-refractivity contribution in [3.63, 3.8) is 0 Å². The number of rotatable bonds is 5. The Bertz CT molecular complexity index is 746. The lowest BCUT2D eigenvalue weighted by Gasteiger charge is -2.20. The Hall–Kier alpha value is -2.62. The molecule has 0 aliphatic heterocycles. The van der Waals surface area contributed by atoms with Crippen LogP contribution in [0.25, 0.3) is 0 Å². The number of amides is 2. The zero-order valence-electron chi connectivity index (χ0n) is 16.2. The molecule has 2 atom stereocenters. The zero-order chi connectivity index (χ0) is 19.3. The molecule has 4 nitrogen and oxygen atoms in total. The summed E-state index contributed by atoms with van der Waals surface area (Å²) in [7, 11) is 0. The van der Waals surface area contributed by atoms with E-state index in [4.69, 9.17) is 0 Å². The fourth-order valence-electron chi connectivity index (χ4n) is 2.63. The van der Waals surface area contributed by atoms with Crippen molar-refractivity contribution in [1.29, 1.82) is 0 Å². The summed E-state index contributed by atoms with van der Waals surface area (Å²) in [4.78, 5) is 24.7. The Morgan fingerprint density at radius 1 is 0.846 bits per heavy atom. The highest BCUT2D eigenvalue weighted by molar-refractivity contribution is 5.97. The number of carbonyl (C=O) groups is 2. The molecule has 0 fully saturated rings. The van der Waals surface area contributed by atoms with E-state index in [1.165, 1.54) is 0 Å². The summed E-state index contributed by atoms with van der Waals surface area (Å²) in [6.45, 7) is 9.99. The van der Waals surface area contributed by atoms with Crippen molar-refractivity contribution >= 4 is 11.8 Å². The highest BCUT2D eigenvalue weighted by atomic mass is 16.2. The molecule has 0 saturated carbocycles. The van der Waals surface area contributed by atoms with Crippen molar-refractivity contribution in [3.05, 3.63) is 71.3 Å². The molecule has 0 aliphatic carbocycles. The maximum atomic E-state index is 12.4. The van der Waals surface area contributed by atoms with Gasteiger partial charge in [0, 0.05) is 5.56 Å². The molecule has 0 aliphatic rings. The predicted octanol–water partition coefficient (Wildman–Crippen LogP) is 3.98. The molecule has 4 heteroatoms. The van der Waals surface area contributed by atoms with Gasteiger partial charge in [-0.3, -0.25) is 9.59 Å². The Morgan fingerprint density at radius 2 is 1.42 bits per heavy atom. The van der Waals surface area contributed by atoms with Gasteiger partial charge in [-0.15, -0.1) is 0 Å². The van der Waals surface area contributed by atoms with Crippen molar-refractivity contribution in [2.45, 2.75) is 52.1 Å². The van der Waals surface area contributed by atoms with Crippen molar-refractivity contribution in [2.75, 3.05) is 0 Å². The lowest BCUT2D eigenvalue weighted by atomic mass is 9.86. The fourth-order valence-corrected chi connectivity index (χ4v) is 2.63. The molecular formula is C22H28N2O2. The third-order valence-electron chi connectivity index (χ3n) is 4.41. The van der Waals surface area contributed by atoms with Gasteiger partial charge in [0.15, 0.2) is 0 Å². The summed E-state index contributed by atoms with van der Waals surface area (Å²) in [5, 5.41) is 5.69. The van der Waals surface area contributed by atoms with Crippen LogP contribution in [-0.2, 0) is 10.2 Å². The molecule has 2 aromatic rings. The van der Waals surface area contributed by atoms with Crippen LogP contribution in [0.5, 0.6) is 0 Å². The maximum Gasteiger partial charge on any atom is 0.251 e. The van der Waals surface area contributed by atoms with E-state index in [1.807, 2.05) is 49.4 Å². The molecule has 138 valence electrons. The van der Waals surface area contributed by atoms with Crippen LogP contribution in [0.3, 0.4) is 0 Å². The summed E-state index contributed by atoms with van der Waals surface area (Å²) in [5.41, 5.74) is 2.78. The summed E-state index contributed by atoms with van der Waals surface area (Å²) >= 11 is 0. The third-order valence-corrected chi connectivity index (χ3v) is 4.41. The fraction of sp³-hybridized carbons (Fsp3) is 0.364. The van der Waals surface area contributed by atoms with Gasteiger partial charge < -0.3 is 10.6 Å². The Kier molecular flexibility index (Phi) is 6.19. The topological polar surface area (TPSA) is 58.2 Å². The normalized spacial score (nSPS) is 13.6. The maximum absolute atomic E-state index is 12.4. The Labute approximate surface area is 156 Å². The Balaban J connectivity index is 1.94. The third kappa shape index (κ3) is 5.19. The monoisotopic (exact) mass is 352 g/mol. The van der Waals surface area contributed by atoms with Crippen LogP contribution in [0.1, 0.15) is 62.1 Å². The molecule has 0 aromatic heterocycles. The number of hydrogen-bond acceptors (Lipinski definition) is 2. The lowest BCUT2D eigenvalue weighted by Crippen LogP contribution is -2.45. The van der Waals surface area contributed by atoms with Crippen LogP contribution in [-0.4, -0.2) is 17.9 Å². The first kappa shape index (κ1) is 19.7. The minimum Gasteiger partial charge on any atom is -0.348 e. The van der Waals surface area contributed by atoms with Gasteiger partial charge >= 0.3 is 0 Å². The van der Waals surface area contributed by atoms with Crippen molar-refractivity contribution in [1.82, 2.24) is 10.6 Å². The molecule has 2 aromatic carbocycles. The summed E-state index contributed by atoms with van der Waals surface area (Å²) < 4.78 is 0. The summed E-state index contributed by atoms with van der Waals surface area (Å²) in [6, 6.07) is 16.5. The van der Waals surface area contributed by atoms with Gasteiger partial charge in [-0.25, -0.2) is 0 Å². The first-order valence-corrected chi connectivity index (χ1v) is 8.95. The predicted molar refractivity (Wildman–Crippen MR) is 105 cm³/mol. The van der Waals surface area contributed by atoms with E-state index in [-0.39, 0.29) is 23.3 Å². The quantitative estimate of drug-likeness (QED) is 0.855. The van der Waals surface area contributed by atoms with E-state index in [2.05, 4.69) is 31.4 Å².